The van der Waals surface area contributed by atoms with Crippen LogP contribution in [0.4, 0.5) is 4.39 Å². The monoisotopic (exact) mass is 247 g/mol. The number of nitrogens with one attached hydrogen (secondary N) is 1. The van der Waals surface area contributed by atoms with Gasteiger partial charge in [-0.2, -0.15) is 5.10 Å². The summed E-state index contributed by atoms with van der Waals surface area (Å²) in [6, 6.07) is 7.81. The largest absolute Gasteiger partial charge is 0.352 e. The first-order chi connectivity index (χ1) is 8.66. The van der Waals surface area contributed by atoms with Crippen LogP contribution in [0.1, 0.15) is 16.1 Å². The highest BCUT2D eigenvalue weighted by Gasteiger charge is 2.09. The van der Waals surface area contributed by atoms with Crippen molar-refractivity contribution in [3.8, 4) is 0 Å². The average molecular weight is 247 g/mol. The maximum Gasteiger partial charge on any atom is 0.254 e. The molecular weight excluding hydrogens is 233 g/mol. The summed E-state index contributed by atoms with van der Waals surface area (Å²) in [7, 11) is 1.83. The molecule has 0 atom stereocenters. The van der Waals surface area contributed by atoms with Crippen LogP contribution in [0.25, 0.3) is 0 Å². The zero-order valence-corrected chi connectivity index (χ0v) is 10.1. The number of rotatable bonds is 4. The van der Waals surface area contributed by atoms with E-state index in [0.29, 0.717) is 13.0 Å². The van der Waals surface area contributed by atoms with Gasteiger partial charge in [-0.05, 0) is 18.2 Å². The Hall–Kier alpha value is -2.17. The van der Waals surface area contributed by atoms with Crippen molar-refractivity contribution in [1.82, 2.24) is 15.1 Å². The molecule has 0 spiro atoms. The van der Waals surface area contributed by atoms with Crippen LogP contribution >= 0.6 is 0 Å². The number of carbonyl (C=O) groups is 1. The molecule has 1 aromatic carbocycles. The van der Waals surface area contributed by atoms with Gasteiger partial charge in [0.05, 0.1) is 11.3 Å². The fourth-order valence-electron chi connectivity index (χ4n) is 1.64. The van der Waals surface area contributed by atoms with Gasteiger partial charge in [0.15, 0.2) is 0 Å². The van der Waals surface area contributed by atoms with Gasteiger partial charge in [0.25, 0.3) is 5.91 Å². The van der Waals surface area contributed by atoms with Crippen molar-refractivity contribution in [3.05, 3.63) is 53.6 Å². The summed E-state index contributed by atoms with van der Waals surface area (Å²) in [6.07, 6.45) is 2.47. The highest BCUT2D eigenvalue weighted by molar-refractivity contribution is 5.94. The Morgan fingerprint density at radius 2 is 2.17 bits per heavy atom. The van der Waals surface area contributed by atoms with Crippen molar-refractivity contribution >= 4 is 5.91 Å². The smallest absolute Gasteiger partial charge is 0.254 e. The lowest BCUT2D eigenvalue weighted by molar-refractivity contribution is 0.0950. The van der Waals surface area contributed by atoms with Crippen molar-refractivity contribution in [2.45, 2.75) is 6.42 Å². The summed E-state index contributed by atoms with van der Waals surface area (Å²) in [5, 5.41) is 6.86. The summed E-state index contributed by atoms with van der Waals surface area (Å²) in [6.45, 7) is 0.435. The number of hydrogen-bond acceptors (Lipinski definition) is 2. The number of halogens is 1. The lowest BCUT2D eigenvalue weighted by Crippen LogP contribution is -2.26. The molecule has 4 nitrogen and oxygen atoms in total. The second kappa shape index (κ2) is 5.44. The molecule has 0 aliphatic rings. The molecule has 1 heterocycles. The first-order valence-electron chi connectivity index (χ1n) is 5.68. The molecule has 5 heteroatoms. The van der Waals surface area contributed by atoms with Crippen LogP contribution in [0.2, 0.25) is 0 Å². The standard InChI is InChI=1S/C13H14FN3O/c1-17-9-7-10(16-17)6-8-15-13(18)11-4-2-3-5-12(11)14/h2-5,7,9H,6,8H2,1H3,(H,15,18). The van der Waals surface area contributed by atoms with Crippen molar-refractivity contribution in [3.63, 3.8) is 0 Å². The predicted octanol–water partition coefficient (Wildman–Crippen LogP) is 1.53. The van der Waals surface area contributed by atoms with Gasteiger partial charge in [-0.15, -0.1) is 0 Å². The number of amides is 1. The van der Waals surface area contributed by atoms with Gasteiger partial charge in [0, 0.05) is 26.2 Å². The third kappa shape index (κ3) is 2.94. The maximum absolute atomic E-state index is 13.3. The van der Waals surface area contributed by atoms with Crippen LogP contribution in [-0.2, 0) is 13.5 Å². The molecule has 1 aromatic heterocycles. The first-order valence-corrected chi connectivity index (χ1v) is 5.68. The predicted molar refractivity (Wildman–Crippen MR) is 65.6 cm³/mol. The van der Waals surface area contributed by atoms with Crippen molar-refractivity contribution in [2.24, 2.45) is 7.05 Å². The minimum absolute atomic E-state index is 0.0681. The number of hydrogen-bond donors (Lipinski definition) is 1. The highest BCUT2D eigenvalue weighted by atomic mass is 19.1. The van der Waals surface area contributed by atoms with Crippen LogP contribution in [0, 0.1) is 5.82 Å². The van der Waals surface area contributed by atoms with Gasteiger partial charge >= 0.3 is 0 Å². The molecule has 0 unspecified atom stereocenters. The molecule has 18 heavy (non-hydrogen) atoms. The van der Waals surface area contributed by atoms with E-state index in [2.05, 4.69) is 10.4 Å². The topological polar surface area (TPSA) is 46.9 Å². The number of carbonyl (C=O) groups excluding carboxylic acids is 1. The van der Waals surface area contributed by atoms with Gasteiger partial charge in [0.2, 0.25) is 0 Å². The van der Waals surface area contributed by atoms with E-state index in [1.807, 2.05) is 19.3 Å². The molecule has 0 aliphatic carbocycles. The Balaban J connectivity index is 1.87. The summed E-state index contributed by atoms with van der Waals surface area (Å²) in [4.78, 5) is 11.7. The Kier molecular flexibility index (Phi) is 3.72. The van der Waals surface area contributed by atoms with E-state index in [0.717, 1.165) is 5.69 Å². The summed E-state index contributed by atoms with van der Waals surface area (Å²) in [5.41, 5.74) is 0.963. The molecule has 0 fully saturated rings. The molecule has 0 saturated heterocycles. The van der Waals surface area contributed by atoms with E-state index >= 15 is 0 Å². The van der Waals surface area contributed by atoms with E-state index in [4.69, 9.17) is 0 Å². The van der Waals surface area contributed by atoms with Gasteiger partial charge < -0.3 is 5.32 Å². The molecule has 1 N–H and O–H groups in total. The molecule has 0 aliphatic heterocycles. The fourth-order valence-corrected chi connectivity index (χ4v) is 1.64. The van der Waals surface area contributed by atoms with E-state index in [-0.39, 0.29) is 5.56 Å². The molecular formula is C13H14FN3O. The van der Waals surface area contributed by atoms with Crippen molar-refractivity contribution in [2.75, 3.05) is 6.54 Å². The Bertz CT molecular complexity index is 551. The zero-order valence-electron chi connectivity index (χ0n) is 10.1. The third-order valence-corrected chi connectivity index (χ3v) is 2.55. The fraction of sp³-hybridized carbons (Fsp3) is 0.231. The van der Waals surface area contributed by atoms with E-state index in [1.54, 1.807) is 16.8 Å². The van der Waals surface area contributed by atoms with Crippen LogP contribution < -0.4 is 5.32 Å². The zero-order chi connectivity index (χ0) is 13.0. The van der Waals surface area contributed by atoms with E-state index in [9.17, 15) is 9.18 Å². The number of aryl methyl sites for hydroxylation is 1. The van der Waals surface area contributed by atoms with Gasteiger partial charge in [-0.3, -0.25) is 9.48 Å². The molecule has 0 radical (unpaired) electrons. The Labute approximate surface area is 104 Å². The van der Waals surface area contributed by atoms with Gasteiger partial charge in [-0.1, -0.05) is 12.1 Å². The average Bonchev–Trinajstić information content (AvgIpc) is 2.75. The van der Waals surface area contributed by atoms with Crippen LogP contribution in [0.15, 0.2) is 36.5 Å². The number of nitrogens with zero attached hydrogens (tertiary/aromatic N) is 2. The second-order valence-corrected chi connectivity index (χ2v) is 3.97. The molecule has 0 bridgehead atoms. The van der Waals surface area contributed by atoms with E-state index < -0.39 is 11.7 Å². The lowest BCUT2D eigenvalue weighted by atomic mass is 10.2. The minimum atomic E-state index is -0.507. The lowest BCUT2D eigenvalue weighted by Gasteiger charge is -2.04. The van der Waals surface area contributed by atoms with Crippen molar-refractivity contribution < 1.29 is 9.18 Å². The summed E-state index contributed by atoms with van der Waals surface area (Å²) >= 11 is 0. The quantitative estimate of drug-likeness (QED) is 0.890. The van der Waals surface area contributed by atoms with Crippen LogP contribution in [-0.4, -0.2) is 22.2 Å². The number of benzene rings is 1. The molecule has 94 valence electrons. The molecule has 2 rings (SSSR count). The van der Waals surface area contributed by atoms with E-state index in [1.165, 1.54) is 12.1 Å². The minimum Gasteiger partial charge on any atom is -0.352 e. The van der Waals surface area contributed by atoms with Crippen molar-refractivity contribution in [1.29, 1.82) is 0 Å². The maximum atomic E-state index is 13.3. The summed E-state index contributed by atoms with van der Waals surface area (Å²) < 4.78 is 15.0. The number of aromatic nitrogens is 2. The van der Waals surface area contributed by atoms with Crippen LogP contribution in [0.5, 0.6) is 0 Å². The van der Waals surface area contributed by atoms with Gasteiger partial charge in [0.1, 0.15) is 5.82 Å². The SMILES string of the molecule is Cn1ccc(CCNC(=O)c2ccccc2F)n1. The normalized spacial score (nSPS) is 10.3. The Morgan fingerprint density at radius 1 is 1.39 bits per heavy atom. The first kappa shape index (κ1) is 12.3. The Morgan fingerprint density at radius 3 is 2.83 bits per heavy atom. The van der Waals surface area contributed by atoms with Crippen LogP contribution in [0.3, 0.4) is 0 Å². The van der Waals surface area contributed by atoms with Gasteiger partial charge in [-0.25, -0.2) is 4.39 Å². The third-order valence-electron chi connectivity index (χ3n) is 2.55. The highest BCUT2D eigenvalue weighted by Crippen LogP contribution is 2.05. The summed E-state index contributed by atoms with van der Waals surface area (Å²) in [5.74, 6) is -0.906. The second-order valence-electron chi connectivity index (χ2n) is 3.97. The molecule has 0 saturated carbocycles. The molecule has 1 amide bonds. The molecule has 2 aromatic rings.